The van der Waals surface area contributed by atoms with Crippen molar-refractivity contribution in [2.75, 3.05) is 39.4 Å². The van der Waals surface area contributed by atoms with Gasteiger partial charge in [0.05, 0.1) is 13.2 Å². The number of rotatable bonds is 8. The summed E-state index contributed by atoms with van der Waals surface area (Å²) in [5.41, 5.74) is 1.65. The normalized spacial score (nSPS) is 15.2. The Morgan fingerprint density at radius 3 is 2.52 bits per heavy atom. The van der Waals surface area contributed by atoms with Crippen molar-refractivity contribution in [3.8, 4) is 5.75 Å². The highest BCUT2D eigenvalue weighted by Gasteiger charge is 2.10. The molecule has 0 aliphatic carbocycles. The quantitative estimate of drug-likeness (QED) is 0.747. The number of hydrogen-bond acceptors (Lipinski definition) is 4. The fraction of sp³-hybridized carbons (Fsp3) is 0.400. The first kappa shape index (κ1) is 17.9. The lowest BCUT2D eigenvalue weighted by atomic mass is 10.2. The monoisotopic (exact) mass is 344 g/mol. The van der Waals surface area contributed by atoms with Gasteiger partial charge < -0.3 is 14.8 Å². The van der Waals surface area contributed by atoms with Crippen LogP contribution in [0, 0.1) is 5.82 Å². The maximum absolute atomic E-state index is 13.7. The molecule has 0 aromatic heterocycles. The molecule has 0 unspecified atom stereocenters. The standard InChI is InChI=1S/C20H25FN2O2/c21-19-7-3-1-6-18(19)16-25-20-8-4-2-5-17(20)15-22-9-10-23-11-13-24-14-12-23/h1-8,22H,9-16H2. The highest BCUT2D eigenvalue weighted by atomic mass is 19.1. The van der Waals surface area contributed by atoms with Crippen LogP contribution in [0.1, 0.15) is 11.1 Å². The van der Waals surface area contributed by atoms with Gasteiger partial charge in [-0.2, -0.15) is 0 Å². The minimum Gasteiger partial charge on any atom is -0.488 e. The fourth-order valence-electron chi connectivity index (χ4n) is 2.85. The van der Waals surface area contributed by atoms with Gasteiger partial charge in [0.25, 0.3) is 0 Å². The van der Waals surface area contributed by atoms with Crippen LogP contribution < -0.4 is 10.1 Å². The summed E-state index contributed by atoms with van der Waals surface area (Å²) < 4.78 is 24.9. The average molecular weight is 344 g/mol. The van der Waals surface area contributed by atoms with Crippen molar-refractivity contribution in [1.29, 1.82) is 0 Å². The predicted octanol–water partition coefficient (Wildman–Crippen LogP) is 2.83. The zero-order valence-corrected chi connectivity index (χ0v) is 14.4. The van der Waals surface area contributed by atoms with Crippen LogP contribution in [0.2, 0.25) is 0 Å². The molecule has 5 heteroatoms. The molecule has 0 bridgehead atoms. The molecule has 0 radical (unpaired) electrons. The number of nitrogens with one attached hydrogen (secondary N) is 1. The molecule has 1 aliphatic heterocycles. The third-order valence-corrected chi connectivity index (χ3v) is 4.34. The molecular formula is C20H25FN2O2. The first-order valence-corrected chi connectivity index (χ1v) is 8.78. The van der Waals surface area contributed by atoms with Crippen molar-refractivity contribution in [2.24, 2.45) is 0 Å². The van der Waals surface area contributed by atoms with Crippen LogP contribution in [0.5, 0.6) is 5.75 Å². The Kier molecular flexibility index (Phi) is 6.79. The van der Waals surface area contributed by atoms with E-state index in [-0.39, 0.29) is 12.4 Å². The molecule has 25 heavy (non-hydrogen) atoms. The van der Waals surface area contributed by atoms with Gasteiger partial charge in [-0.25, -0.2) is 4.39 Å². The topological polar surface area (TPSA) is 33.7 Å². The Bertz CT molecular complexity index is 660. The maximum Gasteiger partial charge on any atom is 0.129 e. The van der Waals surface area contributed by atoms with Gasteiger partial charge >= 0.3 is 0 Å². The number of para-hydroxylation sites is 1. The van der Waals surface area contributed by atoms with Gasteiger partial charge in [-0.3, -0.25) is 4.90 Å². The molecule has 1 saturated heterocycles. The Morgan fingerprint density at radius 1 is 1.00 bits per heavy atom. The van der Waals surface area contributed by atoms with Crippen LogP contribution in [-0.2, 0) is 17.9 Å². The molecule has 0 saturated carbocycles. The minimum atomic E-state index is -0.233. The van der Waals surface area contributed by atoms with Gasteiger partial charge in [0, 0.05) is 43.9 Å². The van der Waals surface area contributed by atoms with Gasteiger partial charge in [-0.1, -0.05) is 36.4 Å². The maximum atomic E-state index is 13.7. The molecule has 1 fully saturated rings. The smallest absolute Gasteiger partial charge is 0.129 e. The molecule has 1 heterocycles. The third kappa shape index (κ3) is 5.53. The van der Waals surface area contributed by atoms with Crippen molar-refractivity contribution in [1.82, 2.24) is 10.2 Å². The number of nitrogens with zero attached hydrogens (tertiary/aromatic N) is 1. The second-order valence-electron chi connectivity index (χ2n) is 6.12. The Morgan fingerprint density at radius 2 is 1.72 bits per heavy atom. The largest absolute Gasteiger partial charge is 0.488 e. The highest BCUT2D eigenvalue weighted by Crippen LogP contribution is 2.20. The number of halogens is 1. The molecule has 0 atom stereocenters. The predicted molar refractivity (Wildman–Crippen MR) is 96.1 cm³/mol. The van der Waals surface area contributed by atoms with E-state index in [9.17, 15) is 4.39 Å². The van der Waals surface area contributed by atoms with E-state index in [1.165, 1.54) is 6.07 Å². The second kappa shape index (κ2) is 9.51. The third-order valence-electron chi connectivity index (χ3n) is 4.34. The van der Waals surface area contributed by atoms with E-state index in [4.69, 9.17) is 9.47 Å². The van der Waals surface area contributed by atoms with Gasteiger partial charge in [0.1, 0.15) is 18.2 Å². The molecule has 0 amide bonds. The SMILES string of the molecule is Fc1ccccc1COc1ccccc1CNCCN1CCOCC1. The van der Waals surface area contributed by atoms with Crippen LogP contribution in [-0.4, -0.2) is 44.3 Å². The number of benzene rings is 2. The van der Waals surface area contributed by atoms with Crippen LogP contribution in [0.3, 0.4) is 0 Å². The molecule has 134 valence electrons. The molecule has 1 N–H and O–H groups in total. The number of hydrogen-bond donors (Lipinski definition) is 1. The first-order chi connectivity index (χ1) is 12.3. The number of ether oxygens (including phenoxy) is 2. The van der Waals surface area contributed by atoms with Crippen LogP contribution >= 0.6 is 0 Å². The molecule has 4 nitrogen and oxygen atoms in total. The summed E-state index contributed by atoms with van der Waals surface area (Å²) in [5, 5.41) is 3.46. The summed E-state index contributed by atoms with van der Waals surface area (Å²) in [6.45, 7) is 6.56. The van der Waals surface area contributed by atoms with Crippen molar-refractivity contribution in [3.05, 3.63) is 65.5 Å². The Balaban J connectivity index is 1.47. The highest BCUT2D eigenvalue weighted by molar-refractivity contribution is 5.33. The summed E-state index contributed by atoms with van der Waals surface area (Å²) in [5.74, 6) is 0.563. The second-order valence-corrected chi connectivity index (χ2v) is 6.12. The summed E-state index contributed by atoms with van der Waals surface area (Å²) in [7, 11) is 0. The van der Waals surface area contributed by atoms with Crippen LogP contribution in [0.15, 0.2) is 48.5 Å². The number of morpholine rings is 1. The molecule has 1 aliphatic rings. The summed E-state index contributed by atoms with van der Waals surface area (Å²) in [6.07, 6.45) is 0. The van der Waals surface area contributed by atoms with Crippen LogP contribution in [0.4, 0.5) is 4.39 Å². The Hall–Kier alpha value is -1.95. The zero-order valence-electron chi connectivity index (χ0n) is 14.4. The van der Waals surface area contributed by atoms with E-state index in [1.807, 2.05) is 30.3 Å². The van der Waals surface area contributed by atoms with E-state index in [1.54, 1.807) is 12.1 Å². The fourth-order valence-corrected chi connectivity index (χ4v) is 2.85. The average Bonchev–Trinajstić information content (AvgIpc) is 2.66. The lowest BCUT2D eigenvalue weighted by Gasteiger charge is -2.26. The molecule has 0 spiro atoms. The molecule has 3 rings (SSSR count). The van der Waals surface area contributed by atoms with E-state index in [2.05, 4.69) is 10.2 Å². The lowest BCUT2D eigenvalue weighted by molar-refractivity contribution is 0.0384. The van der Waals surface area contributed by atoms with E-state index in [0.29, 0.717) is 5.56 Å². The van der Waals surface area contributed by atoms with Gasteiger partial charge in [-0.05, 0) is 12.1 Å². The van der Waals surface area contributed by atoms with Crippen molar-refractivity contribution < 1.29 is 13.9 Å². The van der Waals surface area contributed by atoms with Gasteiger partial charge in [-0.15, -0.1) is 0 Å². The molecule has 2 aromatic rings. The van der Waals surface area contributed by atoms with E-state index in [0.717, 1.165) is 57.3 Å². The molecule has 2 aromatic carbocycles. The minimum absolute atomic E-state index is 0.233. The summed E-state index contributed by atoms with van der Waals surface area (Å²) in [4.78, 5) is 2.40. The van der Waals surface area contributed by atoms with E-state index >= 15 is 0 Å². The van der Waals surface area contributed by atoms with Crippen LogP contribution in [0.25, 0.3) is 0 Å². The van der Waals surface area contributed by atoms with Crippen molar-refractivity contribution in [2.45, 2.75) is 13.2 Å². The summed E-state index contributed by atoms with van der Waals surface area (Å²) in [6, 6.07) is 14.6. The van der Waals surface area contributed by atoms with E-state index < -0.39 is 0 Å². The summed E-state index contributed by atoms with van der Waals surface area (Å²) >= 11 is 0. The zero-order chi connectivity index (χ0) is 17.3. The first-order valence-electron chi connectivity index (χ1n) is 8.78. The molecular weight excluding hydrogens is 319 g/mol. The van der Waals surface area contributed by atoms with Gasteiger partial charge in [0.2, 0.25) is 0 Å². The van der Waals surface area contributed by atoms with Crippen molar-refractivity contribution in [3.63, 3.8) is 0 Å². The lowest BCUT2D eigenvalue weighted by Crippen LogP contribution is -2.40. The Labute approximate surface area is 148 Å². The van der Waals surface area contributed by atoms with Crippen molar-refractivity contribution >= 4 is 0 Å². The van der Waals surface area contributed by atoms with Gasteiger partial charge in [0.15, 0.2) is 0 Å².